The lowest BCUT2D eigenvalue weighted by molar-refractivity contribution is 0.0948. The summed E-state index contributed by atoms with van der Waals surface area (Å²) in [6.07, 6.45) is 5.09. The lowest BCUT2D eigenvalue weighted by Crippen LogP contribution is -2.33. The Kier molecular flexibility index (Phi) is 8.02. The minimum absolute atomic E-state index is 0.0935. The van der Waals surface area contributed by atoms with Crippen molar-refractivity contribution in [1.29, 1.82) is 0 Å². The second-order valence-electron chi connectivity index (χ2n) is 7.93. The number of rotatable bonds is 11. The van der Waals surface area contributed by atoms with Gasteiger partial charge in [0.2, 0.25) is 16.0 Å². The molecule has 0 saturated heterocycles. The van der Waals surface area contributed by atoms with Crippen molar-refractivity contribution in [3.8, 4) is 34.3 Å². The summed E-state index contributed by atoms with van der Waals surface area (Å²) in [5.74, 6) is 1.64. The Morgan fingerprint density at radius 3 is 2.13 bits per heavy atom. The molecule has 0 saturated carbocycles. The maximum Gasteiger partial charge on any atom is 0.243 e. The highest BCUT2D eigenvalue weighted by Crippen LogP contribution is 2.38. The topological polar surface area (TPSA) is 152 Å². The number of hydrogen-bond acceptors (Lipinski definition) is 11. The van der Waals surface area contributed by atoms with Crippen LogP contribution < -0.4 is 18.9 Å². The number of methoxy groups -OCH3 is 4. The van der Waals surface area contributed by atoms with Gasteiger partial charge in [0, 0.05) is 25.1 Å². The number of sulfonamides is 1. The Balaban J connectivity index is 1.80. The molecule has 2 atom stereocenters. The van der Waals surface area contributed by atoms with Crippen LogP contribution in [0.2, 0.25) is 0 Å². The van der Waals surface area contributed by atoms with E-state index in [9.17, 15) is 8.42 Å². The molecule has 0 aliphatic rings. The Bertz CT molecular complexity index is 1460. The van der Waals surface area contributed by atoms with Crippen molar-refractivity contribution >= 4 is 16.0 Å². The summed E-state index contributed by atoms with van der Waals surface area (Å²) in [5.41, 5.74) is 0.987. The van der Waals surface area contributed by atoms with Gasteiger partial charge in [-0.3, -0.25) is 14.3 Å². The van der Waals surface area contributed by atoms with E-state index in [1.54, 1.807) is 42.7 Å². The monoisotopic (exact) mass is 541 g/mol. The van der Waals surface area contributed by atoms with Gasteiger partial charge >= 0.3 is 0 Å². The summed E-state index contributed by atoms with van der Waals surface area (Å²) >= 11 is 0. The van der Waals surface area contributed by atoms with Crippen molar-refractivity contribution in [3.63, 3.8) is 0 Å². The van der Waals surface area contributed by atoms with Crippen LogP contribution in [0.25, 0.3) is 17.1 Å². The molecular weight excluding hydrogens is 514 g/mol. The van der Waals surface area contributed by atoms with Gasteiger partial charge < -0.3 is 18.9 Å². The van der Waals surface area contributed by atoms with Crippen LogP contribution in [0.5, 0.6) is 17.2 Å². The number of nitrogens with zero attached hydrogens (tertiary/aromatic N) is 6. The smallest absolute Gasteiger partial charge is 0.243 e. The van der Waals surface area contributed by atoms with Crippen LogP contribution in [0.3, 0.4) is 0 Å². The van der Waals surface area contributed by atoms with E-state index in [2.05, 4.69) is 29.9 Å². The molecule has 3 aromatic heterocycles. The molecule has 4 aromatic rings. The number of pyridine rings is 1. The molecule has 3 heterocycles. The summed E-state index contributed by atoms with van der Waals surface area (Å²) in [6.45, 7) is 1.48. The molecule has 1 N–H and O–H groups in total. The Hall–Kier alpha value is -4.30. The Morgan fingerprint density at radius 1 is 0.895 bits per heavy atom. The van der Waals surface area contributed by atoms with Crippen molar-refractivity contribution in [2.24, 2.45) is 0 Å². The van der Waals surface area contributed by atoms with Crippen molar-refractivity contribution in [1.82, 2.24) is 29.7 Å². The average molecular weight is 542 g/mol. The first-order chi connectivity index (χ1) is 18.3. The second kappa shape index (κ2) is 11.4. The zero-order valence-electron chi connectivity index (χ0n) is 21.4. The van der Waals surface area contributed by atoms with Crippen LogP contribution in [0.1, 0.15) is 18.9 Å². The van der Waals surface area contributed by atoms with Crippen molar-refractivity contribution in [3.05, 3.63) is 60.9 Å². The highest BCUT2D eigenvalue weighted by molar-refractivity contribution is 7.93. The number of anilines is 1. The molecule has 0 aliphatic carbocycles. The molecule has 0 bridgehead atoms. The van der Waals surface area contributed by atoms with Gasteiger partial charge in [0.25, 0.3) is 0 Å². The molecule has 38 heavy (non-hydrogen) atoms. The van der Waals surface area contributed by atoms with Crippen LogP contribution in [-0.2, 0) is 14.8 Å². The lowest BCUT2D eigenvalue weighted by atomic mass is 10.2. The minimum Gasteiger partial charge on any atom is -0.494 e. The fraction of sp³-hybridized carbons (Fsp3) is 0.292. The predicted molar refractivity (Wildman–Crippen MR) is 138 cm³/mol. The van der Waals surface area contributed by atoms with E-state index in [0.29, 0.717) is 34.3 Å². The van der Waals surface area contributed by atoms with Gasteiger partial charge in [0.05, 0.1) is 33.7 Å². The molecular formula is C24H27N7O6S. The molecule has 1 aromatic carbocycles. The third kappa shape index (κ3) is 5.21. The SMILES string of the molecule is COc1cnc(C(OC)C(C)S(=O)(=O)Nc2nnc(-c3cccnc3)n2-c2c(OC)cccc2OC)nc1. The zero-order valence-corrected chi connectivity index (χ0v) is 22.2. The van der Waals surface area contributed by atoms with Crippen molar-refractivity contribution < 1.29 is 27.4 Å². The quantitative estimate of drug-likeness (QED) is 0.298. The Labute approximate surface area is 219 Å². The normalized spacial score (nSPS) is 13.0. The highest BCUT2D eigenvalue weighted by Gasteiger charge is 2.35. The van der Waals surface area contributed by atoms with E-state index >= 15 is 0 Å². The number of ether oxygens (including phenoxy) is 4. The van der Waals surface area contributed by atoms with Gasteiger partial charge in [-0.05, 0) is 31.2 Å². The van der Waals surface area contributed by atoms with Crippen LogP contribution in [-0.4, -0.2) is 71.8 Å². The average Bonchev–Trinajstić information content (AvgIpc) is 3.35. The summed E-state index contributed by atoms with van der Waals surface area (Å²) in [7, 11) is 1.72. The molecule has 0 amide bonds. The van der Waals surface area contributed by atoms with Gasteiger partial charge in [-0.15, -0.1) is 10.2 Å². The van der Waals surface area contributed by atoms with E-state index in [1.807, 2.05) is 0 Å². The maximum absolute atomic E-state index is 13.6. The summed E-state index contributed by atoms with van der Waals surface area (Å²) in [4.78, 5) is 12.5. The van der Waals surface area contributed by atoms with Crippen LogP contribution in [0, 0.1) is 0 Å². The molecule has 0 spiro atoms. The predicted octanol–water partition coefficient (Wildman–Crippen LogP) is 2.66. The molecule has 0 aliphatic heterocycles. The molecule has 0 radical (unpaired) electrons. The second-order valence-corrected chi connectivity index (χ2v) is 9.96. The third-order valence-electron chi connectivity index (χ3n) is 5.75. The molecule has 14 heteroatoms. The van der Waals surface area contributed by atoms with Crippen LogP contribution in [0.4, 0.5) is 5.95 Å². The summed E-state index contributed by atoms with van der Waals surface area (Å²) in [6, 6.07) is 8.69. The van der Waals surface area contributed by atoms with Crippen LogP contribution >= 0.6 is 0 Å². The van der Waals surface area contributed by atoms with E-state index in [1.165, 1.54) is 52.3 Å². The standard InChI is InChI=1S/C24H27N7O6S/c1-15(21(37-5)22-26-13-17(34-2)14-27-22)38(32,33)30-24-29-28-23(16-8-7-11-25-12-16)31(24)20-18(35-3)9-6-10-19(20)36-4/h6-15,21H,1-5H3,(H,29,30). The minimum atomic E-state index is -4.13. The summed E-state index contributed by atoms with van der Waals surface area (Å²) in [5, 5.41) is 7.30. The number of nitrogens with one attached hydrogen (secondary N) is 1. The maximum atomic E-state index is 13.6. The first-order valence-electron chi connectivity index (χ1n) is 11.3. The summed E-state index contributed by atoms with van der Waals surface area (Å²) < 4.78 is 53.0. The van der Waals surface area contributed by atoms with Gasteiger partial charge in [-0.1, -0.05) is 6.07 Å². The van der Waals surface area contributed by atoms with Crippen molar-refractivity contribution in [2.75, 3.05) is 33.2 Å². The van der Waals surface area contributed by atoms with Crippen molar-refractivity contribution in [2.45, 2.75) is 18.3 Å². The fourth-order valence-corrected chi connectivity index (χ4v) is 4.90. The number of benzene rings is 1. The third-order valence-corrected chi connectivity index (χ3v) is 7.44. The van der Waals surface area contributed by atoms with E-state index in [0.717, 1.165) is 0 Å². The largest absolute Gasteiger partial charge is 0.494 e. The molecule has 4 rings (SSSR count). The van der Waals surface area contributed by atoms with Gasteiger partial charge in [-0.2, -0.15) is 0 Å². The highest BCUT2D eigenvalue weighted by atomic mass is 32.2. The van der Waals surface area contributed by atoms with Gasteiger partial charge in [-0.25, -0.2) is 18.4 Å². The van der Waals surface area contributed by atoms with Gasteiger partial charge in [0.15, 0.2) is 17.4 Å². The molecule has 200 valence electrons. The number of para-hydroxylation sites is 1. The first-order valence-corrected chi connectivity index (χ1v) is 12.9. The lowest BCUT2D eigenvalue weighted by Gasteiger charge is -2.23. The van der Waals surface area contributed by atoms with Gasteiger partial charge in [0.1, 0.15) is 28.5 Å². The van der Waals surface area contributed by atoms with E-state index < -0.39 is 21.4 Å². The zero-order chi connectivity index (χ0) is 27.3. The van der Waals surface area contributed by atoms with Crippen LogP contribution in [0.15, 0.2) is 55.1 Å². The number of hydrogen-bond donors (Lipinski definition) is 1. The molecule has 2 unspecified atom stereocenters. The Morgan fingerprint density at radius 2 is 1.58 bits per heavy atom. The van der Waals surface area contributed by atoms with E-state index in [4.69, 9.17) is 18.9 Å². The number of aromatic nitrogens is 6. The molecule has 0 fully saturated rings. The molecule has 13 nitrogen and oxygen atoms in total. The fourth-order valence-electron chi connectivity index (χ4n) is 3.76. The first kappa shape index (κ1) is 26.8. The van der Waals surface area contributed by atoms with E-state index in [-0.39, 0.29) is 11.8 Å².